The summed E-state index contributed by atoms with van der Waals surface area (Å²) in [5.74, 6) is -11.5. The summed E-state index contributed by atoms with van der Waals surface area (Å²) in [6.07, 6.45) is 0.345. The number of carboxylic acid groups (broad SMARTS) is 1. The second-order valence-corrected chi connectivity index (χ2v) is 20.0. The van der Waals surface area contributed by atoms with Crippen LogP contribution in [0.4, 0.5) is 0 Å². The van der Waals surface area contributed by atoms with Gasteiger partial charge >= 0.3 is 5.97 Å². The van der Waals surface area contributed by atoms with Crippen molar-refractivity contribution < 1.29 is 67.7 Å². The number of hydrogen-bond acceptors (Lipinski definition) is 16. The molecule has 442 valence electrons. The molecule has 22 N–H and O–H groups in total. The van der Waals surface area contributed by atoms with Crippen LogP contribution in [0.1, 0.15) is 104 Å². The number of carboxylic acids is 1. The molecule has 10 unspecified atom stereocenters. The van der Waals surface area contributed by atoms with Crippen molar-refractivity contribution in [3.63, 3.8) is 0 Å². The molecule has 0 aromatic heterocycles. The van der Waals surface area contributed by atoms with Gasteiger partial charge in [-0.05, 0) is 83.5 Å². The van der Waals surface area contributed by atoms with Gasteiger partial charge in [-0.1, -0.05) is 13.8 Å². The number of nitrogens with two attached hydrogens (primary N) is 7. The zero-order chi connectivity index (χ0) is 59.3. The fourth-order valence-corrected chi connectivity index (χ4v) is 9.32. The lowest BCUT2D eigenvalue weighted by Crippen LogP contribution is -2.61. The molecule has 0 aliphatic carbocycles. The highest BCUT2D eigenvalue weighted by Crippen LogP contribution is 2.23. The predicted octanol–water partition coefficient (Wildman–Crippen LogP) is -7.80. The van der Waals surface area contributed by atoms with Gasteiger partial charge in [-0.25, -0.2) is 4.79 Å². The van der Waals surface area contributed by atoms with Crippen molar-refractivity contribution in [2.45, 2.75) is 165 Å². The monoisotopic (exact) mass is 1120 g/mol. The van der Waals surface area contributed by atoms with Gasteiger partial charge in [0, 0.05) is 39.1 Å². The van der Waals surface area contributed by atoms with E-state index in [2.05, 4.69) is 41.9 Å². The summed E-state index contributed by atoms with van der Waals surface area (Å²) in [4.78, 5) is 171. The SMILES string of the molecule is CC(NC(=O)C(CCCN=C(N)N)NC(=O)C(CC(N)=O)NC(=O)C1CCCN1C(=O)C(CCCN=C(N)N)NC(=O)C(CO)NC(=O)C1CCCN1C(=O)C(NC(=O)C(N)CCC(N)=O)C(C)C)C(=O)N1CCCC1C(=O)O. The molecule has 0 aromatic rings. The molecule has 3 aliphatic rings. The second-order valence-electron chi connectivity index (χ2n) is 20.0. The summed E-state index contributed by atoms with van der Waals surface area (Å²) in [6, 6.07) is -13.3. The van der Waals surface area contributed by atoms with Crippen molar-refractivity contribution in [3.8, 4) is 0 Å². The third kappa shape index (κ3) is 20.1. The third-order valence-electron chi connectivity index (χ3n) is 13.5. The Morgan fingerprint density at radius 2 is 0.987 bits per heavy atom. The number of amides is 11. The Morgan fingerprint density at radius 1 is 0.532 bits per heavy atom. The van der Waals surface area contributed by atoms with Crippen LogP contribution in [0, 0.1) is 5.92 Å². The maximum Gasteiger partial charge on any atom is 0.326 e. The van der Waals surface area contributed by atoms with Gasteiger partial charge < -0.3 is 96.9 Å². The van der Waals surface area contributed by atoms with Crippen LogP contribution in [-0.2, 0) is 57.5 Å². The van der Waals surface area contributed by atoms with Crippen LogP contribution in [0.25, 0.3) is 0 Å². The molecular weight excluding hydrogens is 1040 g/mol. The highest BCUT2D eigenvalue weighted by molar-refractivity contribution is 6.00. The number of rotatable bonds is 31. The Morgan fingerprint density at radius 3 is 1.47 bits per heavy atom. The molecule has 0 spiro atoms. The zero-order valence-corrected chi connectivity index (χ0v) is 44.9. The number of aliphatic hydroxyl groups is 1. The summed E-state index contributed by atoms with van der Waals surface area (Å²) < 4.78 is 0. The topological polar surface area (TPSA) is 534 Å². The molecule has 32 heteroatoms. The number of nitrogens with one attached hydrogen (secondary N) is 6. The predicted molar refractivity (Wildman–Crippen MR) is 281 cm³/mol. The summed E-state index contributed by atoms with van der Waals surface area (Å²) in [7, 11) is 0. The number of guanidine groups is 2. The average molecular weight is 1120 g/mol. The fraction of sp³-hybridized carbons (Fsp3) is 0.702. The highest BCUT2D eigenvalue weighted by Gasteiger charge is 2.43. The Kier molecular flexibility index (Phi) is 26.1. The quantitative estimate of drug-likeness (QED) is 0.0174. The molecule has 0 saturated carbocycles. The van der Waals surface area contributed by atoms with Gasteiger partial charge in [0.15, 0.2) is 11.9 Å². The first-order valence-corrected chi connectivity index (χ1v) is 26.2. The van der Waals surface area contributed by atoms with Crippen LogP contribution in [0.5, 0.6) is 0 Å². The van der Waals surface area contributed by atoms with Crippen molar-refractivity contribution in [2.24, 2.45) is 56.0 Å². The fourth-order valence-electron chi connectivity index (χ4n) is 9.32. The van der Waals surface area contributed by atoms with Crippen molar-refractivity contribution in [1.29, 1.82) is 0 Å². The number of likely N-dealkylation sites (tertiary alicyclic amines) is 3. The number of hydrogen-bond donors (Lipinski definition) is 15. The number of aliphatic carboxylic acids is 1. The summed E-state index contributed by atoms with van der Waals surface area (Å²) in [5, 5.41) is 35.0. The minimum Gasteiger partial charge on any atom is -0.480 e. The maximum atomic E-state index is 14.5. The van der Waals surface area contributed by atoms with Crippen molar-refractivity contribution in [1.82, 2.24) is 46.6 Å². The van der Waals surface area contributed by atoms with E-state index in [1.54, 1.807) is 13.8 Å². The number of aliphatic hydroxyl groups excluding tert-OH is 1. The molecule has 3 heterocycles. The molecular formula is C47H80N18O14. The number of aliphatic imine (C=N–C) groups is 2. The van der Waals surface area contributed by atoms with E-state index < -0.39 is 150 Å². The molecule has 3 fully saturated rings. The normalized spacial score (nSPS) is 19.5. The molecule has 3 saturated heterocycles. The molecule has 0 aromatic carbocycles. The molecule has 3 aliphatic heterocycles. The minimum absolute atomic E-state index is 0.00646. The summed E-state index contributed by atoms with van der Waals surface area (Å²) in [5.41, 5.74) is 38.5. The Hall–Kier alpha value is -7.90. The Balaban J connectivity index is 1.81. The molecule has 10 atom stereocenters. The van der Waals surface area contributed by atoms with Crippen LogP contribution in [0.2, 0.25) is 0 Å². The minimum atomic E-state index is -1.72. The molecule has 32 nitrogen and oxygen atoms in total. The smallest absolute Gasteiger partial charge is 0.326 e. The standard InChI is InChI=1S/C47H80N18O14/c1-23(2)35(62-36(69)25(48)14-15-33(49)67)44(77)64-19-7-12-31(64)41(74)61-29(22-66)39(72)59-27(10-5-17-56-47(53)54)43(76)63-18-6-11-30(63)40(73)60-28(21-34(50)68)38(71)58-26(9-4-16-55-46(51)52)37(70)57-24(3)42(75)65-20-8-13-32(65)45(78)79/h23-32,35,66H,4-22,48H2,1-3H3,(H2,49,67)(H2,50,68)(H,57,70)(H,58,71)(H,59,72)(H,60,73)(H,61,74)(H,62,69)(H,78,79)(H4,51,52,55)(H4,53,54,56). The van der Waals surface area contributed by atoms with Crippen LogP contribution in [0.3, 0.4) is 0 Å². The Labute approximate surface area is 456 Å². The number of carbonyl (C=O) groups is 12. The number of carbonyl (C=O) groups excluding carboxylic acids is 11. The largest absolute Gasteiger partial charge is 0.480 e. The first-order chi connectivity index (χ1) is 37.2. The van der Waals surface area contributed by atoms with Crippen LogP contribution < -0.4 is 72.0 Å². The van der Waals surface area contributed by atoms with Gasteiger partial charge in [-0.2, -0.15) is 0 Å². The van der Waals surface area contributed by atoms with Gasteiger partial charge in [0.25, 0.3) is 0 Å². The van der Waals surface area contributed by atoms with Gasteiger partial charge in [0.2, 0.25) is 65.0 Å². The van der Waals surface area contributed by atoms with Gasteiger partial charge in [-0.3, -0.25) is 62.7 Å². The van der Waals surface area contributed by atoms with Crippen LogP contribution in [0.15, 0.2) is 9.98 Å². The second kappa shape index (κ2) is 31.5. The molecule has 79 heavy (non-hydrogen) atoms. The lowest BCUT2D eigenvalue weighted by atomic mass is 10.0. The summed E-state index contributed by atoms with van der Waals surface area (Å²) in [6.45, 7) is 3.90. The molecule has 0 radical (unpaired) electrons. The molecule has 0 bridgehead atoms. The van der Waals surface area contributed by atoms with Gasteiger partial charge in [0.1, 0.15) is 54.4 Å². The first-order valence-electron chi connectivity index (χ1n) is 26.2. The van der Waals surface area contributed by atoms with Crippen molar-refractivity contribution >= 4 is 82.9 Å². The van der Waals surface area contributed by atoms with Crippen LogP contribution in [-0.4, -0.2) is 208 Å². The maximum absolute atomic E-state index is 14.5. The first kappa shape index (κ1) is 65.4. The summed E-state index contributed by atoms with van der Waals surface area (Å²) >= 11 is 0. The van der Waals surface area contributed by atoms with Crippen LogP contribution >= 0.6 is 0 Å². The highest BCUT2D eigenvalue weighted by atomic mass is 16.4. The van der Waals surface area contributed by atoms with E-state index >= 15 is 0 Å². The van der Waals surface area contributed by atoms with E-state index in [1.165, 1.54) is 11.8 Å². The van der Waals surface area contributed by atoms with Crippen molar-refractivity contribution in [3.05, 3.63) is 0 Å². The average Bonchev–Trinajstić information content (AvgIpc) is 4.21. The van der Waals surface area contributed by atoms with E-state index in [-0.39, 0.29) is 109 Å². The van der Waals surface area contributed by atoms with E-state index in [1.807, 2.05) is 0 Å². The van der Waals surface area contributed by atoms with Gasteiger partial charge in [-0.15, -0.1) is 0 Å². The van der Waals surface area contributed by atoms with E-state index in [9.17, 15) is 67.7 Å². The lowest BCUT2D eigenvalue weighted by Gasteiger charge is -2.32. The van der Waals surface area contributed by atoms with Crippen molar-refractivity contribution in [2.75, 3.05) is 39.3 Å². The number of primary amides is 2. The third-order valence-corrected chi connectivity index (χ3v) is 13.5. The number of nitrogens with zero attached hydrogens (tertiary/aromatic N) is 5. The van der Waals surface area contributed by atoms with Gasteiger partial charge in [0.05, 0.1) is 19.1 Å². The van der Waals surface area contributed by atoms with E-state index in [4.69, 9.17) is 40.1 Å². The molecule has 3 rings (SSSR count). The van der Waals surface area contributed by atoms with E-state index in [0.29, 0.717) is 12.8 Å². The zero-order valence-electron chi connectivity index (χ0n) is 44.9. The Bertz CT molecular complexity index is 2290. The van der Waals surface area contributed by atoms with E-state index in [0.717, 1.165) is 9.80 Å². The molecule has 11 amide bonds. The lowest BCUT2D eigenvalue weighted by molar-refractivity contribution is -0.149.